The van der Waals surface area contributed by atoms with E-state index in [0.29, 0.717) is 11.4 Å². The molecule has 0 aromatic carbocycles. The van der Waals surface area contributed by atoms with Gasteiger partial charge in [-0.1, -0.05) is 0 Å². The molecule has 15 heavy (non-hydrogen) atoms. The van der Waals surface area contributed by atoms with Gasteiger partial charge in [0.2, 0.25) is 0 Å². The molecule has 0 aliphatic heterocycles. The molecule has 0 aliphatic carbocycles. The summed E-state index contributed by atoms with van der Waals surface area (Å²) in [4.78, 5) is 4.01. The summed E-state index contributed by atoms with van der Waals surface area (Å²) in [5.74, 6) is 0. The van der Waals surface area contributed by atoms with E-state index in [1.54, 1.807) is 12.1 Å². The van der Waals surface area contributed by atoms with Crippen molar-refractivity contribution in [1.82, 2.24) is 4.98 Å². The second-order valence-corrected chi connectivity index (χ2v) is 3.00. The minimum Gasteiger partial charge on any atom is -0.390 e. The Bertz CT molecular complexity index is 290. The van der Waals surface area contributed by atoms with Gasteiger partial charge in [-0.3, -0.25) is 4.98 Å². The van der Waals surface area contributed by atoms with Crippen LogP contribution >= 0.6 is 0 Å². The Balaban J connectivity index is 3.05. The van der Waals surface area contributed by atoms with Gasteiger partial charge in [0, 0.05) is 19.8 Å². The highest BCUT2D eigenvalue weighted by atomic mass is 16.7. The number of methoxy groups -OCH3 is 2. The molecule has 0 aliphatic rings. The maximum atomic E-state index is 8.98. The fraction of sp³-hybridized carbons (Fsp3) is 0.500. The van der Waals surface area contributed by atoms with Crippen molar-refractivity contribution in [3.8, 4) is 0 Å². The average molecular weight is 213 g/mol. The number of hydrogen-bond acceptors (Lipinski definition) is 5. The SMILES string of the molecule is COC(OC)c1cc(CO)nc(CO)c1. The van der Waals surface area contributed by atoms with Gasteiger partial charge in [-0.25, -0.2) is 0 Å². The van der Waals surface area contributed by atoms with Gasteiger partial charge < -0.3 is 19.7 Å². The van der Waals surface area contributed by atoms with Gasteiger partial charge >= 0.3 is 0 Å². The zero-order chi connectivity index (χ0) is 11.3. The third-order valence-corrected chi connectivity index (χ3v) is 1.98. The third kappa shape index (κ3) is 2.97. The minimum atomic E-state index is -0.511. The quantitative estimate of drug-likeness (QED) is 0.691. The molecule has 1 heterocycles. The molecular formula is C10H15NO4. The predicted octanol–water partition coefficient (Wildman–Crippen LogP) is 0.358. The Morgan fingerprint density at radius 2 is 1.60 bits per heavy atom. The first kappa shape index (κ1) is 12.1. The number of nitrogens with zero attached hydrogens (tertiary/aromatic N) is 1. The number of aromatic nitrogens is 1. The molecule has 1 aromatic rings. The second-order valence-electron chi connectivity index (χ2n) is 3.00. The van der Waals surface area contributed by atoms with E-state index in [2.05, 4.69) is 4.98 Å². The summed E-state index contributed by atoms with van der Waals surface area (Å²) < 4.78 is 10.1. The highest BCUT2D eigenvalue weighted by molar-refractivity contribution is 5.22. The fourth-order valence-corrected chi connectivity index (χ4v) is 1.34. The first-order valence-corrected chi connectivity index (χ1v) is 4.52. The lowest BCUT2D eigenvalue weighted by Crippen LogP contribution is -2.07. The van der Waals surface area contributed by atoms with E-state index in [9.17, 15) is 0 Å². The van der Waals surface area contributed by atoms with Crippen molar-refractivity contribution in [3.63, 3.8) is 0 Å². The topological polar surface area (TPSA) is 71.8 Å². The molecule has 0 radical (unpaired) electrons. The van der Waals surface area contributed by atoms with Gasteiger partial charge in [-0.05, 0) is 12.1 Å². The van der Waals surface area contributed by atoms with Gasteiger partial charge in [0.1, 0.15) is 0 Å². The van der Waals surface area contributed by atoms with Crippen LogP contribution in [-0.4, -0.2) is 29.4 Å². The second kappa shape index (κ2) is 5.77. The van der Waals surface area contributed by atoms with Crippen molar-refractivity contribution in [3.05, 3.63) is 29.1 Å². The molecule has 84 valence electrons. The number of hydrogen-bond donors (Lipinski definition) is 2. The smallest absolute Gasteiger partial charge is 0.183 e. The van der Waals surface area contributed by atoms with E-state index < -0.39 is 6.29 Å². The maximum Gasteiger partial charge on any atom is 0.183 e. The molecule has 5 heteroatoms. The van der Waals surface area contributed by atoms with E-state index in [1.165, 1.54) is 14.2 Å². The molecule has 0 unspecified atom stereocenters. The van der Waals surface area contributed by atoms with E-state index >= 15 is 0 Å². The minimum absolute atomic E-state index is 0.180. The molecule has 2 N–H and O–H groups in total. The van der Waals surface area contributed by atoms with Gasteiger partial charge in [0.15, 0.2) is 6.29 Å². The lowest BCUT2D eigenvalue weighted by molar-refractivity contribution is -0.106. The molecule has 0 amide bonds. The largest absolute Gasteiger partial charge is 0.390 e. The van der Waals surface area contributed by atoms with Crippen LogP contribution in [0.5, 0.6) is 0 Å². The Kier molecular flexibility index (Phi) is 4.64. The van der Waals surface area contributed by atoms with Crippen LogP contribution in [0.1, 0.15) is 23.2 Å². The fourth-order valence-electron chi connectivity index (χ4n) is 1.34. The Hall–Kier alpha value is -1.01. The van der Waals surface area contributed by atoms with Crippen molar-refractivity contribution >= 4 is 0 Å². The van der Waals surface area contributed by atoms with E-state index in [-0.39, 0.29) is 13.2 Å². The van der Waals surface area contributed by atoms with Crippen LogP contribution in [0.2, 0.25) is 0 Å². The number of aliphatic hydroxyl groups is 2. The van der Waals surface area contributed by atoms with Crippen molar-refractivity contribution in [2.75, 3.05) is 14.2 Å². The standard InChI is InChI=1S/C10H15NO4/c1-14-10(15-2)7-3-8(5-12)11-9(4-7)6-13/h3-4,10,12-13H,5-6H2,1-2H3. The summed E-state index contributed by atoms with van der Waals surface area (Å²) >= 11 is 0. The summed E-state index contributed by atoms with van der Waals surface area (Å²) in [6.45, 7) is -0.359. The van der Waals surface area contributed by atoms with Gasteiger partial charge in [0.25, 0.3) is 0 Å². The first-order chi connectivity index (χ1) is 7.24. The van der Waals surface area contributed by atoms with Crippen LogP contribution in [0.4, 0.5) is 0 Å². The van der Waals surface area contributed by atoms with Crippen LogP contribution in [-0.2, 0) is 22.7 Å². The molecule has 0 bridgehead atoms. The monoisotopic (exact) mass is 213 g/mol. The van der Waals surface area contributed by atoms with Crippen LogP contribution in [0.15, 0.2) is 12.1 Å². The summed E-state index contributed by atoms with van der Waals surface area (Å²) in [7, 11) is 3.04. The maximum absolute atomic E-state index is 8.98. The lowest BCUT2D eigenvalue weighted by atomic mass is 10.2. The number of pyridine rings is 1. The van der Waals surface area contributed by atoms with Crippen molar-refractivity contribution in [2.45, 2.75) is 19.5 Å². The molecule has 0 saturated carbocycles. The van der Waals surface area contributed by atoms with Crippen LogP contribution in [0, 0.1) is 0 Å². The summed E-state index contributed by atoms with van der Waals surface area (Å²) in [6, 6.07) is 3.35. The van der Waals surface area contributed by atoms with Crippen LogP contribution in [0.25, 0.3) is 0 Å². The Morgan fingerprint density at radius 1 is 1.13 bits per heavy atom. The molecule has 1 rings (SSSR count). The van der Waals surface area contributed by atoms with E-state index in [1.807, 2.05) is 0 Å². The van der Waals surface area contributed by atoms with Gasteiger partial charge in [-0.2, -0.15) is 0 Å². The van der Waals surface area contributed by atoms with Crippen LogP contribution < -0.4 is 0 Å². The zero-order valence-corrected chi connectivity index (χ0v) is 8.80. The molecule has 1 aromatic heterocycles. The highest BCUT2D eigenvalue weighted by Crippen LogP contribution is 2.19. The Labute approximate surface area is 88.3 Å². The third-order valence-electron chi connectivity index (χ3n) is 1.98. The molecular weight excluding hydrogens is 198 g/mol. The molecule has 0 spiro atoms. The molecule has 5 nitrogen and oxygen atoms in total. The summed E-state index contributed by atoms with van der Waals surface area (Å²) in [6.07, 6.45) is -0.511. The van der Waals surface area contributed by atoms with Crippen molar-refractivity contribution < 1.29 is 19.7 Å². The first-order valence-electron chi connectivity index (χ1n) is 4.52. The number of rotatable bonds is 5. The molecule has 0 saturated heterocycles. The Morgan fingerprint density at radius 3 is 1.93 bits per heavy atom. The van der Waals surface area contributed by atoms with Crippen LogP contribution in [0.3, 0.4) is 0 Å². The normalized spacial score (nSPS) is 11.0. The molecule has 0 fully saturated rings. The highest BCUT2D eigenvalue weighted by Gasteiger charge is 2.11. The van der Waals surface area contributed by atoms with Crippen molar-refractivity contribution in [2.24, 2.45) is 0 Å². The van der Waals surface area contributed by atoms with Crippen molar-refractivity contribution in [1.29, 1.82) is 0 Å². The van der Waals surface area contributed by atoms with Gasteiger partial charge in [-0.15, -0.1) is 0 Å². The number of ether oxygens (including phenoxy) is 2. The molecule has 0 atom stereocenters. The van der Waals surface area contributed by atoms with E-state index in [0.717, 1.165) is 5.56 Å². The number of aliphatic hydroxyl groups excluding tert-OH is 2. The summed E-state index contributed by atoms with van der Waals surface area (Å²) in [5.41, 5.74) is 1.69. The zero-order valence-electron chi connectivity index (χ0n) is 8.80. The average Bonchev–Trinajstić information content (AvgIpc) is 2.30. The van der Waals surface area contributed by atoms with Gasteiger partial charge in [0.05, 0.1) is 24.6 Å². The predicted molar refractivity (Wildman–Crippen MR) is 52.8 cm³/mol. The van der Waals surface area contributed by atoms with E-state index in [4.69, 9.17) is 19.7 Å². The lowest BCUT2D eigenvalue weighted by Gasteiger charge is -2.15. The summed E-state index contributed by atoms with van der Waals surface area (Å²) in [5, 5.41) is 18.0.